The lowest BCUT2D eigenvalue weighted by molar-refractivity contribution is 0.0526. The van der Waals surface area contributed by atoms with Gasteiger partial charge in [0.05, 0.1) is 29.9 Å². The normalized spacial score (nSPS) is 15.5. The summed E-state index contributed by atoms with van der Waals surface area (Å²) in [5.41, 5.74) is 1.29. The Bertz CT molecular complexity index is 1030. The molecule has 0 atom stereocenters. The Morgan fingerprint density at radius 3 is 2.48 bits per heavy atom. The lowest BCUT2D eigenvalue weighted by Gasteiger charge is -2.38. The van der Waals surface area contributed by atoms with Crippen molar-refractivity contribution in [1.82, 2.24) is 4.90 Å². The van der Waals surface area contributed by atoms with E-state index in [1.165, 1.54) is 17.5 Å². The fraction of sp³-hybridized carbons (Fsp3) is 0.435. The lowest BCUT2D eigenvalue weighted by atomic mass is 10.1. The average Bonchev–Trinajstić information content (AvgIpc) is 2.76. The van der Waals surface area contributed by atoms with Crippen molar-refractivity contribution in [2.24, 2.45) is 0 Å². The minimum Gasteiger partial charge on any atom is -0.495 e. The highest BCUT2D eigenvalue weighted by molar-refractivity contribution is 7.93. The zero-order valence-electron chi connectivity index (χ0n) is 18.5. The van der Waals surface area contributed by atoms with Crippen molar-refractivity contribution in [3.8, 4) is 5.75 Å². The minimum atomic E-state index is -3.98. The standard InChI is InChI=1S/C23H30N2O5S/c1-5-30-23(26)18-11-10-17(2)22(16-18)31(27,28)25(19-12-14-24(3)15-13-19)20-8-6-7-9-21(20)29-4/h6-11,16,19H,5,12-15H2,1-4H3. The molecule has 31 heavy (non-hydrogen) atoms. The van der Waals surface area contributed by atoms with E-state index < -0.39 is 16.0 Å². The Morgan fingerprint density at radius 1 is 1.16 bits per heavy atom. The molecule has 0 amide bonds. The van der Waals surface area contributed by atoms with E-state index in [-0.39, 0.29) is 23.1 Å². The summed E-state index contributed by atoms with van der Waals surface area (Å²) in [6, 6.07) is 11.6. The monoisotopic (exact) mass is 446 g/mol. The highest BCUT2D eigenvalue weighted by Gasteiger charge is 2.36. The van der Waals surface area contributed by atoms with E-state index in [4.69, 9.17) is 9.47 Å². The van der Waals surface area contributed by atoms with Crippen LogP contribution in [0.3, 0.4) is 0 Å². The fourth-order valence-corrected chi connectivity index (χ4v) is 5.86. The van der Waals surface area contributed by atoms with Crippen molar-refractivity contribution in [2.75, 3.05) is 38.2 Å². The number of hydrogen-bond acceptors (Lipinski definition) is 6. The molecule has 1 saturated heterocycles. The quantitative estimate of drug-likeness (QED) is 0.606. The molecule has 1 heterocycles. The van der Waals surface area contributed by atoms with Gasteiger partial charge in [0.25, 0.3) is 10.0 Å². The first-order valence-electron chi connectivity index (χ1n) is 10.4. The Balaban J connectivity index is 2.14. The summed E-state index contributed by atoms with van der Waals surface area (Å²) in [5, 5.41) is 0. The number of sulfonamides is 1. The number of piperidine rings is 1. The number of aryl methyl sites for hydroxylation is 1. The molecule has 0 N–H and O–H groups in total. The van der Waals surface area contributed by atoms with Gasteiger partial charge in [-0.2, -0.15) is 0 Å². The van der Waals surface area contributed by atoms with Crippen LogP contribution in [0.4, 0.5) is 5.69 Å². The highest BCUT2D eigenvalue weighted by atomic mass is 32.2. The smallest absolute Gasteiger partial charge is 0.338 e. The van der Waals surface area contributed by atoms with E-state index in [0.29, 0.717) is 29.8 Å². The van der Waals surface area contributed by atoms with E-state index in [1.807, 2.05) is 13.1 Å². The second-order valence-electron chi connectivity index (χ2n) is 7.71. The van der Waals surface area contributed by atoms with Crippen LogP contribution in [0.15, 0.2) is 47.4 Å². The largest absolute Gasteiger partial charge is 0.495 e. The zero-order valence-corrected chi connectivity index (χ0v) is 19.3. The van der Waals surface area contributed by atoms with Crippen LogP contribution >= 0.6 is 0 Å². The number of benzene rings is 2. The molecule has 0 aliphatic carbocycles. The van der Waals surface area contributed by atoms with E-state index >= 15 is 0 Å². The number of nitrogens with zero attached hydrogens (tertiary/aromatic N) is 2. The van der Waals surface area contributed by atoms with Crippen LogP contribution in [0.5, 0.6) is 5.75 Å². The maximum Gasteiger partial charge on any atom is 0.338 e. The second-order valence-corrected chi connectivity index (χ2v) is 9.49. The molecule has 0 saturated carbocycles. The molecule has 3 rings (SSSR count). The summed E-state index contributed by atoms with van der Waals surface area (Å²) in [4.78, 5) is 14.5. The molecule has 0 unspecified atom stereocenters. The van der Waals surface area contributed by atoms with Gasteiger partial charge in [-0.25, -0.2) is 13.2 Å². The van der Waals surface area contributed by atoms with E-state index in [0.717, 1.165) is 13.1 Å². The van der Waals surface area contributed by atoms with Crippen molar-refractivity contribution in [3.05, 3.63) is 53.6 Å². The van der Waals surface area contributed by atoms with Crippen molar-refractivity contribution in [1.29, 1.82) is 0 Å². The summed E-state index contributed by atoms with van der Waals surface area (Å²) in [7, 11) is -0.413. The van der Waals surface area contributed by atoms with Gasteiger partial charge in [0.15, 0.2) is 0 Å². The van der Waals surface area contributed by atoms with Crippen molar-refractivity contribution >= 4 is 21.7 Å². The van der Waals surface area contributed by atoms with Crippen LogP contribution < -0.4 is 9.04 Å². The molecule has 7 nitrogen and oxygen atoms in total. The topological polar surface area (TPSA) is 76.2 Å². The van der Waals surface area contributed by atoms with Gasteiger partial charge in [-0.05, 0) is 76.7 Å². The molecule has 1 aliphatic rings. The zero-order chi connectivity index (χ0) is 22.6. The number of hydrogen-bond donors (Lipinski definition) is 0. The Hall–Kier alpha value is -2.58. The Labute approximate surface area is 184 Å². The molecular weight excluding hydrogens is 416 g/mol. The minimum absolute atomic E-state index is 0.0999. The predicted molar refractivity (Wildman–Crippen MR) is 120 cm³/mol. The maximum atomic E-state index is 14.0. The number of carbonyl (C=O) groups is 1. The number of para-hydroxylation sites is 2. The SMILES string of the molecule is CCOC(=O)c1ccc(C)c(S(=O)(=O)N(c2ccccc2OC)C2CCN(C)CC2)c1. The van der Waals surface area contributed by atoms with Crippen molar-refractivity contribution < 1.29 is 22.7 Å². The third-order valence-electron chi connectivity index (χ3n) is 5.58. The number of likely N-dealkylation sites (tertiary alicyclic amines) is 1. The number of anilines is 1. The number of methoxy groups -OCH3 is 1. The lowest BCUT2D eigenvalue weighted by Crippen LogP contribution is -2.47. The van der Waals surface area contributed by atoms with Crippen LogP contribution in [-0.4, -0.2) is 59.2 Å². The average molecular weight is 447 g/mol. The third-order valence-corrected chi connectivity index (χ3v) is 7.59. The first kappa shape index (κ1) is 23.1. The van der Waals surface area contributed by atoms with E-state index in [1.54, 1.807) is 44.2 Å². The molecule has 168 valence electrons. The van der Waals surface area contributed by atoms with Crippen molar-refractivity contribution in [2.45, 2.75) is 37.6 Å². The molecular formula is C23H30N2O5S. The molecule has 2 aromatic carbocycles. The predicted octanol–water partition coefficient (Wildman–Crippen LogP) is 3.47. The van der Waals surface area contributed by atoms with Crippen LogP contribution in [0.25, 0.3) is 0 Å². The number of esters is 1. The van der Waals surface area contributed by atoms with Gasteiger partial charge in [-0.15, -0.1) is 0 Å². The van der Waals surface area contributed by atoms with Gasteiger partial charge in [-0.1, -0.05) is 18.2 Å². The number of rotatable bonds is 7. The molecule has 0 spiro atoms. The molecule has 0 bridgehead atoms. The van der Waals surface area contributed by atoms with Gasteiger partial charge in [-0.3, -0.25) is 4.31 Å². The number of ether oxygens (including phenoxy) is 2. The third kappa shape index (κ3) is 4.85. The number of carbonyl (C=O) groups excluding carboxylic acids is 1. The second kappa shape index (κ2) is 9.70. The van der Waals surface area contributed by atoms with Crippen LogP contribution in [0, 0.1) is 6.92 Å². The van der Waals surface area contributed by atoms with Gasteiger partial charge >= 0.3 is 5.97 Å². The highest BCUT2D eigenvalue weighted by Crippen LogP contribution is 2.37. The summed E-state index contributed by atoms with van der Waals surface area (Å²) in [6.45, 7) is 5.27. The molecule has 1 aliphatic heterocycles. The molecule has 0 radical (unpaired) electrons. The Morgan fingerprint density at radius 2 is 1.84 bits per heavy atom. The van der Waals surface area contributed by atoms with Gasteiger partial charge in [0.1, 0.15) is 5.75 Å². The van der Waals surface area contributed by atoms with Gasteiger partial charge in [0.2, 0.25) is 0 Å². The van der Waals surface area contributed by atoms with E-state index in [9.17, 15) is 13.2 Å². The molecule has 0 aromatic heterocycles. The first-order chi connectivity index (χ1) is 14.8. The summed E-state index contributed by atoms with van der Waals surface area (Å²) in [6.07, 6.45) is 1.40. The summed E-state index contributed by atoms with van der Waals surface area (Å²) in [5.74, 6) is -0.0497. The molecule has 1 fully saturated rings. The van der Waals surface area contributed by atoms with Crippen LogP contribution in [0.1, 0.15) is 35.7 Å². The Kier molecular flexibility index (Phi) is 7.23. The van der Waals surface area contributed by atoms with Gasteiger partial charge in [0, 0.05) is 6.04 Å². The molecule has 2 aromatic rings. The van der Waals surface area contributed by atoms with Crippen LogP contribution in [-0.2, 0) is 14.8 Å². The van der Waals surface area contributed by atoms with Crippen molar-refractivity contribution in [3.63, 3.8) is 0 Å². The summed E-state index contributed by atoms with van der Waals surface area (Å²) >= 11 is 0. The van der Waals surface area contributed by atoms with E-state index in [2.05, 4.69) is 4.90 Å². The first-order valence-corrected chi connectivity index (χ1v) is 11.9. The van der Waals surface area contributed by atoms with Gasteiger partial charge < -0.3 is 14.4 Å². The molecule has 8 heteroatoms. The van der Waals surface area contributed by atoms with Crippen LogP contribution in [0.2, 0.25) is 0 Å². The maximum absolute atomic E-state index is 14.0. The fourth-order valence-electron chi connectivity index (χ4n) is 3.89. The summed E-state index contributed by atoms with van der Waals surface area (Å²) < 4.78 is 40.1.